The first-order valence-electron chi connectivity index (χ1n) is 6.16. The van der Waals surface area contributed by atoms with Crippen molar-refractivity contribution in [2.75, 3.05) is 6.54 Å². The summed E-state index contributed by atoms with van der Waals surface area (Å²) in [5.41, 5.74) is -0.979. The number of carboxylic acid groups (broad SMARTS) is 1. The van der Waals surface area contributed by atoms with Crippen molar-refractivity contribution in [1.82, 2.24) is 4.31 Å². The highest BCUT2D eigenvalue weighted by molar-refractivity contribution is 7.89. The van der Waals surface area contributed by atoms with Gasteiger partial charge in [-0.15, -0.1) is 0 Å². The molecule has 5 nitrogen and oxygen atoms in total. The molecule has 0 saturated heterocycles. The van der Waals surface area contributed by atoms with Crippen molar-refractivity contribution in [2.45, 2.75) is 37.6 Å². The van der Waals surface area contributed by atoms with Crippen LogP contribution in [0.3, 0.4) is 0 Å². The number of aliphatic carboxylic acids is 1. The maximum absolute atomic E-state index is 13.7. The summed E-state index contributed by atoms with van der Waals surface area (Å²) in [4.78, 5) is 9.86. The molecule has 0 fully saturated rings. The van der Waals surface area contributed by atoms with E-state index >= 15 is 0 Å². The topological polar surface area (TPSA) is 74.7 Å². The van der Waals surface area contributed by atoms with Crippen molar-refractivity contribution in [3.05, 3.63) is 29.8 Å². The van der Waals surface area contributed by atoms with Crippen LogP contribution in [0.1, 0.15) is 27.2 Å². The number of sulfonamides is 1. The minimum absolute atomic E-state index is 0.336. The van der Waals surface area contributed by atoms with E-state index in [0.717, 1.165) is 16.4 Å². The van der Waals surface area contributed by atoms with Gasteiger partial charge in [0.2, 0.25) is 10.0 Å². The molecule has 1 aromatic carbocycles. The van der Waals surface area contributed by atoms with Gasteiger partial charge >= 0.3 is 5.97 Å². The molecule has 0 aliphatic heterocycles. The third kappa shape index (κ3) is 4.21. The fraction of sp³-hybridized carbons (Fsp3) is 0.462. The van der Waals surface area contributed by atoms with Crippen molar-refractivity contribution in [3.8, 4) is 0 Å². The van der Waals surface area contributed by atoms with E-state index in [2.05, 4.69) is 0 Å². The van der Waals surface area contributed by atoms with Gasteiger partial charge in [0.05, 0.1) is 6.42 Å². The largest absolute Gasteiger partial charge is 0.481 e. The van der Waals surface area contributed by atoms with Crippen molar-refractivity contribution < 1.29 is 27.1 Å². The Kier molecular flexibility index (Phi) is 5.06. The van der Waals surface area contributed by atoms with Crippen LogP contribution in [0.25, 0.3) is 0 Å². The summed E-state index contributed by atoms with van der Waals surface area (Å²) < 4.78 is 52.8. The number of carbonyl (C=O) groups is 1. The Morgan fingerprint density at radius 1 is 1.29 bits per heavy atom. The maximum Gasteiger partial charge on any atom is 0.304 e. The summed E-state index contributed by atoms with van der Waals surface area (Å²) >= 11 is 0. The monoisotopic (exact) mass is 321 g/mol. The van der Waals surface area contributed by atoms with Gasteiger partial charge in [-0.25, -0.2) is 17.2 Å². The van der Waals surface area contributed by atoms with Gasteiger partial charge in [0, 0.05) is 12.1 Å². The van der Waals surface area contributed by atoms with Crippen LogP contribution in [0.4, 0.5) is 8.78 Å². The Balaban J connectivity index is 3.33. The molecule has 0 aromatic heterocycles. The lowest BCUT2D eigenvalue weighted by atomic mass is 10.1. The second-order valence-corrected chi connectivity index (χ2v) is 7.30. The van der Waals surface area contributed by atoms with E-state index < -0.39 is 44.5 Å². The average Bonchev–Trinajstić information content (AvgIpc) is 2.29. The molecule has 0 heterocycles. The molecule has 0 radical (unpaired) electrons. The summed E-state index contributed by atoms with van der Waals surface area (Å²) in [6, 6.07) is 2.12. The fourth-order valence-corrected chi connectivity index (χ4v) is 3.67. The Bertz CT molecular complexity index is 638. The standard InChI is InChI=1S/C13H17F2NO4S/c1-13(2,3)16(7-6-12(17)18)21(19,20)11-8-9(14)4-5-10(11)15/h4-5,8H,6-7H2,1-3H3,(H,17,18). The van der Waals surface area contributed by atoms with Gasteiger partial charge in [0.1, 0.15) is 16.5 Å². The molecule has 1 aromatic rings. The van der Waals surface area contributed by atoms with Crippen LogP contribution in [0.5, 0.6) is 0 Å². The van der Waals surface area contributed by atoms with E-state index in [0.29, 0.717) is 6.07 Å². The zero-order valence-electron chi connectivity index (χ0n) is 11.9. The molecule has 1 rings (SSSR count). The highest BCUT2D eigenvalue weighted by atomic mass is 32.2. The van der Waals surface area contributed by atoms with Crippen molar-refractivity contribution in [2.24, 2.45) is 0 Å². The van der Waals surface area contributed by atoms with Gasteiger partial charge in [0.15, 0.2) is 0 Å². The fourth-order valence-electron chi connectivity index (χ4n) is 1.81. The molecule has 0 aliphatic rings. The zero-order valence-corrected chi connectivity index (χ0v) is 12.7. The van der Waals surface area contributed by atoms with E-state index in [1.807, 2.05) is 0 Å². The van der Waals surface area contributed by atoms with Crippen LogP contribution in [-0.4, -0.2) is 35.9 Å². The summed E-state index contributed by atoms with van der Waals surface area (Å²) in [7, 11) is -4.35. The number of nitrogens with zero attached hydrogens (tertiary/aromatic N) is 1. The molecule has 0 saturated carbocycles. The predicted octanol–water partition coefficient (Wildman–Crippen LogP) is 2.23. The van der Waals surface area contributed by atoms with Crippen molar-refractivity contribution >= 4 is 16.0 Å². The molecule has 21 heavy (non-hydrogen) atoms. The van der Waals surface area contributed by atoms with E-state index in [1.165, 1.54) is 0 Å². The molecular weight excluding hydrogens is 304 g/mol. The Hall–Kier alpha value is -1.54. The molecule has 8 heteroatoms. The molecule has 0 unspecified atom stereocenters. The third-order valence-corrected chi connectivity index (χ3v) is 4.92. The van der Waals surface area contributed by atoms with Gasteiger partial charge in [-0.05, 0) is 39.0 Å². The van der Waals surface area contributed by atoms with Gasteiger partial charge in [-0.1, -0.05) is 0 Å². The van der Waals surface area contributed by atoms with Crippen LogP contribution in [0, 0.1) is 11.6 Å². The van der Waals surface area contributed by atoms with Crippen LogP contribution in [-0.2, 0) is 14.8 Å². The van der Waals surface area contributed by atoms with E-state index in [1.54, 1.807) is 20.8 Å². The number of benzene rings is 1. The maximum atomic E-state index is 13.7. The van der Waals surface area contributed by atoms with Gasteiger partial charge in [0.25, 0.3) is 0 Å². The molecule has 0 bridgehead atoms. The lowest BCUT2D eigenvalue weighted by molar-refractivity contribution is -0.137. The summed E-state index contributed by atoms with van der Waals surface area (Å²) in [5.74, 6) is -3.15. The third-order valence-electron chi connectivity index (χ3n) is 2.74. The zero-order chi connectivity index (χ0) is 16.4. The van der Waals surface area contributed by atoms with Gasteiger partial charge in [-0.3, -0.25) is 4.79 Å². The Morgan fingerprint density at radius 3 is 2.33 bits per heavy atom. The smallest absolute Gasteiger partial charge is 0.304 e. The van der Waals surface area contributed by atoms with Crippen LogP contribution < -0.4 is 0 Å². The molecule has 0 amide bonds. The first kappa shape index (κ1) is 17.5. The molecule has 0 atom stereocenters. The highest BCUT2D eigenvalue weighted by Gasteiger charge is 2.36. The molecular formula is C13H17F2NO4S. The van der Waals surface area contributed by atoms with Crippen LogP contribution >= 0.6 is 0 Å². The van der Waals surface area contributed by atoms with E-state index in [4.69, 9.17) is 5.11 Å². The molecule has 0 aliphatic carbocycles. The Labute approximate surface area is 122 Å². The highest BCUT2D eigenvalue weighted by Crippen LogP contribution is 2.27. The number of hydrogen-bond donors (Lipinski definition) is 1. The van der Waals surface area contributed by atoms with Crippen molar-refractivity contribution in [1.29, 1.82) is 0 Å². The lowest BCUT2D eigenvalue weighted by Crippen LogP contribution is -2.46. The van der Waals surface area contributed by atoms with Gasteiger partial charge in [-0.2, -0.15) is 4.31 Å². The van der Waals surface area contributed by atoms with E-state index in [-0.39, 0.29) is 6.54 Å². The minimum Gasteiger partial charge on any atom is -0.481 e. The summed E-state index contributed by atoms with van der Waals surface area (Å²) in [5, 5.41) is 8.71. The van der Waals surface area contributed by atoms with E-state index in [9.17, 15) is 22.0 Å². The molecule has 0 spiro atoms. The lowest BCUT2D eigenvalue weighted by Gasteiger charge is -2.34. The number of hydrogen-bond acceptors (Lipinski definition) is 3. The quantitative estimate of drug-likeness (QED) is 0.902. The number of carboxylic acids is 1. The first-order valence-corrected chi connectivity index (χ1v) is 7.60. The SMILES string of the molecule is CC(C)(C)N(CCC(=O)O)S(=O)(=O)c1cc(F)ccc1F. The van der Waals surface area contributed by atoms with Crippen LogP contribution in [0.2, 0.25) is 0 Å². The minimum atomic E-state index is -4.35. The normalized spacial score (nSPS) is 12.7. The average molecular weight is 321 g/mol. The number of rotatable bonds is 5. The number of halogens is 2. The van der Waals surface area contributed by atoms with Gasteiger partial charge < -0.3 is 5.11 Å². The second kappa shape index (κ2) is 6.07. The Morgan fingerprint density at radius 2 is 1.86 bits per heavy atom. The molecule has 118 valence electrons. The van der Waals surface area contributed by atoms with Crippen LogP contribution in [0.15, 0.2) is 23.1 Å². The summed E-state index contributed by atoms with van der Waals surface area (Å²) in [6.07, 6.45) is -0.437. The summed E-state index contributed by atoms with van der Waals surface area (Å²) in [6.45, 7) is 4.30. The first-order chi connectivity index (χ1) is 9.46. The van der Waals surface area contributed by atoms with Crippen molar-refractivity contribution in [3.63, 3.8) is 0 Å². The predicted molar refractivity (Wildman–Crippen MR) is 72.3 cm³/mol. The second-order valence-electron chi connectivity index (χ2n) is 5.47. The molecule has 1 N–H and O–H groups in total.